The molecule has 0 aromatic rings. The first-order chi connectivity index (χ1) is 9.22. The van der Waals surface area contributed by atoms with Gasteiger partial charge in [-0.25, -0.2) is 0 Å². The molecule has 0 bridgehead atoms. The second-order valence-electron chi connectivity index (χ2n) is 5.96. The van der Waals surface area contributed by atoms with Crippen LogP contribution in [0.3, 0.4) is 0 Å². The van der Waals surface area contributed by atoms with Gasteiger partial charge in [-0.05, 0) is 0 Å². The average Bonchev–Trinajstić information content (AvgIpc) is 2.39. The van der Waals surface area contributed by atoms with E-state index < -0.39 is 5.97 Å². The van der Waals surface area contributed by atoms with Crippen molar-refractivity contribution in [3.05, 3.63) is 0 Å². The Kier molecular flexibility index (Phi) is 13.4. The van der Waals surface area contributed by atoms with Gasteiger partial charge in [-0.3, -0.25) is 4.79 Å². The minimum absolute atomic E-state index is 0.113. The number of aliphatic carboxylic acids is 1. The van der Waals surface area contributed by atoms with E-state index in [1.54, 1.807) is 6.92 Å². The van der Waals surface area contributed by atoms with E-state index in [0.29, 0.717) is 6.93 Å². The zero-order valence-electron chi connectivity index (χ0n) is 14.7. The second-order valence-corrected chi connectivity index (χ2v) is 12.2. The number of hydrogen-bond acceptors (Lipinski definition) is 1. The molecule has 0 aromatic heterocycles. The Morgan fingerprint density at radius 2 is 1.20 bits per heavy atom. The molecule has 3 heteroatoms. The molecule has 0 aromatic carbocycles. The van der Waals surface area contributed by atoms with Crippen LogP contribution in [-0.4, -0.2) is 32.0 Å². The molecule has 0 aliphatic heterocycles. The summed E-state index contributed by atoms with van der Waals surface area (Å²) < 4.78 is 1.42. The van der Waals surface area contributed by atoms with Crippen LogP contribution in [0.2, 0.25) is 6.93 Å². The van der Waals surface area contributed by atoms with E-state index in [4.69, 9.17) is 5.11 Å². The molecule has 0 radical (unpaired) electrons. The maximum atomic E-state index is 9.37. The Morgan fingerprint density at radius 3 is 1.35 bits per heavy atom. The van der Waals surface area contributed by atoms with Gasteiger partial charge in [0.05, 0.1) is 0 Å². The maximum absolute atomic E-state index is 9.37. The zero-order chi connectivity index (χ0) is 16.2. The van der Waals surface area contributed by atoms with E-state index in [1.807, 2.05) is 0 Å². The Morgan fingerprint density at radius 1 is 0.900 bits per heavy atom. The SMILES string of the molecule is CCC(=O)O.CCCC(C)(CC)[Te]C(C)(CC)CCC. The van der Waals surface area contributed by atoms with Crippen LogP contribution in [0.5, 0.6) is 0 Å². The summed E-state index contributed by atoms with van der Waals surface area (Å²) in [5, 5.41) is 7.72. The topological polar surface area (TPSA) is 37.3 Å². The molecule has 0 aliphatic carbocycles. The van der Waals surface area contributed by atoms with E-state index in [-0.39, 0.29) is 27.3 Å². The molecule has 0 heterocycles. The molecule has 0 amide bonds. The van der Waals surface area contributed by atoms with E-state index in [2.05, 4.69) is 41.5 Å². The third-order valence-electron chi connectivity index (χ3n) is 3.85. The van der Waals surface area contributed by atoms with Crippen LogP contribution in [0.1, 0.15) is 93.4 Å². The molecule has 2 nitrogen and oxygen atoms in total. The summed E-state index contributed by atoms with van der Waals surface area (Å²) >= 11 is 0.113. The molecular weight excluding hydrogens is 364 g/mol. The third-order valence-corrected chi connectivity index (χ3v) is 9.47. The molecule has 0 aliphatic rings. The first-order valence-corrected chi connectivity index (χ1v) is 10.5. The van der Waals surface area contributed by atoms with Crippen molar-refractivity contribution < 1.29 is 9.90 Å². The van der Waals surface area contributed by atoms with Crippen LogP contribution >= 0.6 is 0 Å². The van der Waals surface area contributed by atoms with Crippen molar-refractivity contribution in [2.45, 2.75) is 100 Å². The standard InChI is InChI=1S/C14H30Te.C3H6O2/c1-7-11-13(5,9-3)15-14(6,10-4)12-8-2;1-2-3(4)5/h7-12H2,1-6H3;2H2,1H3,(H,4,5). The first kappa shape index (κ1) is 22.5. The number of rotatable bonds is 9. The fourth-order valence-electron chi connectivity index (χ4n) is 2.25. The molecule has 1 N–H and O–H groups in total. The summed E-state index contributed by atoms with van der Waals surface area (Å²) in [5.74, 6) is -0.745. The predicted octanol–water partition coefficient (Wildman–Crippen LogP) is 5.95. The van der Waals surface area contributed by atoms with Crippen molar-refractivity contribution in [1.82, 2.24) is 0 Å². The van der Waals surface area contributed by atoms with Gasteiger partial charge in [-0.15, -0.1) is 0 Å². The van der Waals surface area contributed by atoms with Crippen LogP contribution in [0, 0.1) is 0 Å². The molecule has 2 unspecified atom stereocenters. The quantitative estimate of drug-likeness (QED) is 0.486. The van der Waals surface area contributed by atoms with Gasteiger partial charge in [0, 0.05) is 6.42 Å². The summed E-state index contributed by atoms with van der Waals surface area (Å²) in [6, 6.07) is 0. The fraction of sp³-hybridized carbons (Fsp3) is 0.941. The van der Waals surface area contributed by atoms with Crippen LogP contribution in [0.25, 0.3) is 0 Å². The molecule has 0 rings (SSSR count). The van der Waals surface area contributed by atoms with Gasteiger partial charge in [0.15, 0.2) is 0 Å². The van der Waals surface area contributed by atoms with E-state index in [0.717, 1.165) is 0 Å². The minimum atomic E-state index is -0.745. The Bertz CT molecular complexity index is 237. The number of carboxylic acid groups (broad SMARTS) is 1. The Balaban J connectivity index is 0. The van der Waals surface area contributed by atoms with Crippen molar-refractivity contribution >= 4 is 26.9 Å². The van der Waals surface area contributed by atoms with E-state index >= 15 is 0 Å². The third kappa shape index (κ3) is 11.0. The summed E-state index contributed by atoms with van der Waals surface area (Å²) in [4.78, 5) is 9.37. The number of hydrogen-bond donors (Lipinski definition) is 1. The van der Waals surface area contributed by atoms with Gasteiger partial charge >= 0.3 is 114 Å². The van der Waals surface area contributed by atoms with Crippen LogP contribution in [-0.2, 0) is 4.79 Å². The normalized spacial score (nSPS) is 16.6. The predicted molar refractivity (Wildman–Crippen MR) is 90.8 cm³/mol. The van der Waals surface area contributed by atoms with Crippen molar-refractivity contribution in [3.63, 3.8) is 0 Å². The summed E-state index contributed by atoms with van der Waals surface area (Å²) in [6.45, 7) is 16.1. The van der Waals surface area contributed by atoms with E-state index in [1.165, 1.54) is 38.5 Å². The Labute approximate surface area is 137 Å². The fourth-order valence-corrected chi connectivity index (χ4v) is 8.22. The zero-order valence-corrected chi connectivity index (χ0v) is 17.0. The summed E-state index contributed by atoms with van der Waals surface area (Å²) in [6.07, 6.45) is 8.63. The number of carbonyl (C=O) groups is 1. The van der Waals surface area contributed by atoms with Gasteiger partial charge in [0.2, 0.25) is 0 Å². The molecule has 2 atom stereocenters. The van der Waals surface area contributed by atoms with Crippen molar-refractivity contribution in [3.8, 4) is 0 Å². The molecule has 122 valence electrons. The second kappa shape index (κ2) is 11.9. The van der Waals surface area contributed by atoms with Crippen molar-refractivity contribution in [1.29, 1.82) is 0 Å². The van der Waals surface area contributed by atoms with Gasteiger partial charge in [0.1, 0.15) is 0 Å². The van der Waals surface area contributed by atoms with Gasteiger partial charge in [0.25, 0.3) is 0 Å². The van der Waals surface area contributed by atoms with Crippen LogP contribution in [0.4, 0.5) is 0 Å². The van der Waals surface area contributed by atoms with Crippen LogP contribution in [0.15, 0.2) is 0 Å². The van der Waals surface area contributed by atoms with Crippen molar-refractivity contribution in [2.24, 2.45) is 0 Å². The van der Waals surface area contributed by atoms with Gasteiger partial charge < -0.3 is 5.11 Å². The molecular formula is C17H36O2Te. The van der Waals surface area contributed by atoms with E-state index in [9.17, 15) is 4.79 Å². The van der Waals surface area contributed by atoms with Crippen molar-refractivity contribution in [2.75, 3.05) is 0 Å². The Hall–Kier alpha value is 0.260. The number of carboxylic acids is 1. The molecule has 0 spiro atoms. The molecule has 0 saturated heterocycles. The average molecular weight is 400 g/mol. The monoisotopic (exact) mass is 402 g/mol. The van der Waals surface area contributed by atoms with Gasteiger partial charge in [-0.1, -0.05) is 6.92 Å². The van der Waals surface area contributed by atoms with Gasteiger partial charge in [-0.2, -0.15) is 0 Å². The first-order valence-electron chi connectivity index (χ1n) is 8.14. The van der Waals surface area contributed by atoms with Crippen LogP contribution < -0.4 is 0 Å². The summed E-state index contributed by atoms with van der Waals surface area (Å²) in [7, 11) is 0. The molecule has 0 saturated carbocycles. The molecule has 20 heavy (non-hydrogen) atoms. The molecule has 0 fully saturated rings. The summed E-state index contributed by atoms with van der Waals surface area (Å²) in [5.41, 5.74) is 0.